The highest BCUT2D eigenvalue weighted by molar-refractivity contribution is 7.13. The average Bonchev–Trinajstić information content (AvgIpc) is 2.85. The van der Waals surface area contributed by atoms with Crippen LogP contribution >= 0.6 is 11.3 Å². The summed E-state index contributed by atoms with van der Waals surface area (Å²) in [6.45, 7) is 2.05. The third kappa shape index (κ3) is 3.20. The van der Waals surface area contributed by atoms with E-state index in [1.807, 2.05) is 5.38 Å². The van der Waals surface area contributed by atoms with Crippen LogP contribution in [0.3, 0.4) is 0 Å². The zero-order valence-corrected chi connectivity index (χ0v) is 11.6. The lowest BCUT2D eigenvalue weighted by molar-refractivity contribution is -0.136. The average molecular weight is 269 g/mol. The van der Waals surface area contributed by atoms with E-state index in [1.54, 1.807) is 11.3 Å². The molecule has 0 aliphatic carbocycles. The summed E-state index contributed by atoms with van der Waals surface area (Å²) in [4.78, 5) is 19.6. The number of carboxylic acids is 1. The summed E-state index contributed by atoms with van der Waals surface area (Å²) in [5.74, 6) is -0.821. The number of carbonyl (C=O) groups is 1. The summed E-state index contributed by atoms with van der Waals surface area (Å²) in [6.07, 6.45) is 2.39. The van der Waals surface area contributed by atoms with Gasteiger partial charge in [0.25, 0.3) is 0 Å². The fraction of sp³-hybridized carbons (Fsp3) is 0.667. The third-order valence-electron chi connectivity index (χ3n) is 3.07. The van der Waals surface area contributed by atoms with E-state index in [0.717, 1.165) is 18.2 Å². The van der Waals surface area contributed by atoms with Crippen LogP contribution in [0.4, 0.5) is 5.13 Å². The number of likely N-dealkylation sites (N-methyl/N-ethyl adjacent to an activating group) is 1. The lowest BCUT2D eigenvalue weighted by Gasteiger charge is -2.26. The molecule has 100 valence electrons. The van der Waals surface area contributed by atoms with E-state index in [1.165, 1.54) is 12.8 Å². The third-order valence-corrected chi connectivity index (χ3v) is 4.00. The minimum Gasteiger partial charge on any atom is -0.481 e. The normalized spacial score (nSPS) is 19.7. The van der Waals surface area contributed by atoms with Gasteiger partial charge in [0.2, 0.25) is 0 Å². The van der Waals surface area contributed by atoms with Crippen molar-refractivity contribution < 1.29 is 9.90 Å². The molecule has 0 bridgehead atoms. The van der Waals surface area contributed by atoms with Gasteiger partial charge in [0.05, 0.1) is 12.1 Å². The molecule has 0 radical (unpaired) electrons. The van der Waals surface area contributed by atoms with Crippen LogP contribution in [0.25, 0.3) is 0 Å². The van der Waals surface area contributed by atoms with Crippen molar-refractivity contribution >= 4 is 22.4 Å². The number of rotatable bonds is 5. The molecule has 2 heterocycles. The summed E-state index contributed by atoms with van der Waals surface area (Å²) in [6, 6.07) is 0.504. The molecule has 1 atom stereocenters. The topological polar surface area (TPSA) is 56.7 Å². The summed E-state index contributed by atoms with van der Waals surface area (Å²) in [5, 5.41) is 11.6. The van der Waals surface area contributed by atoms with E-state index in [-0.39, 0.29) is 6.42 Å². The number of anilines is 1. The molecule has 1 N–H and O–H groups in total. The van der Waals surface area contributed by atoms with Crippen molar-refractivity contribution in [3.8, 4) is 0 Å². The van der Waals surface area contributed by atoms with Crippen LogP contribution in [0.5, 0.6) is 0 Å². The number of carboxylic acid groups (broad SMARTS) is 1. The Labute approximate surface area is 111 Å². The first-order chi connectivity index (χ1) is 8.56. The van der Waals surface area contributed by atoms with Gasteiger partial charge in [0, 0.05) is 24.5 Å². The molecule has 0 aromatic carbocycles. The predicted molar refractivity (Wildman–Crippen MR) is 72.4 cm³/mol. The van der Waals surface area contributed by atoms with Crippen molar-refractivity contribution in [2.75, 3.05) is 32.1 Å². The molecule has 1 aromatic rings. The van der Waals surface area contributed by atoms with E-state index in [9.17, 15) is 4.79 Å². The van der Waals surface area contributed by atoms with Crippen molar-refractivity contribution in [1.82, 2.24) is 9.88 Å². The van der Waals surface area contributed by atoms with E-state index < -0.39 is 5.97 Å². The van der Waals surface area contributed by atoms with E-state index in [2.05, 4.69) is 28.9 Å². The molecule has 18 heavy (non-hydrogen) atoms. The number of aliphatic carboxylic acids is 1. The maximum Gasteiger partial charge on any atom is 0.309 e. The van der Waals surface area contributed by atoms with Gasteiger partial charge < -0.3 is 14.9 Å². The van der Waals surface area contributed by atoms with Crippen molar-refractivity contribution in [3.05, 3.63) is 11.1 Å². The Bertz CT molecular complexity index is 419. The lowest BCUT2D eigenvalue weighted by atomic mass is 10.2. The number of hydrogen-bond acceptors (Lipinski definition) is 5. The zero-order chi connectivity index (χ0) is 13.1. The second-order valence-electron chi connectivity index (χ2n) is 4.94. The highest BCUT2D eigenvalue weighted by atomic mass is 32.1. The molecular formula is C12H19N3O2S. The van der Waals surface area contributed by atoms with Crippen molar-refractivity contribution in [1.29, 1.82) is 0 Å². The Morgan fingerprint density at radius 1 is 1.67 bits per heavy atom. The zero-order valence-electron chi connectivity index (χ0n) is 10.8. The first kappa shape index (κ1) is 13.3. The van der Waals surface area contributed by atoms with Crippen molar-refractivity contribution in [2.24, 2.45) is 0 Å². The number of thiazole rings is 1. The highest BCUT2D eigenvalue weighted by Crippen LogP contribution is 2.28. The fourth-order valence-electron chi connectivity index (χ4n) is 2.36. The Balaban J connectivity index is 2.05. The van der Waals surface area contributed by atoms with Crippen LogP contribution in [0.2, 0.25) is 0 Å². The predicted octanol–water partition coefficient (Wildman–Crippen LogP) is 1.30. The van der Waals surface area contributed by atoms with Crippen LogP contribution in [-0.2, 0) is 11.2 Å². The van der Waals surface area contributed by atoms with Gasteiger partial charge in [-0.05, 0) is 26.9 Å². The van der Waals surface area contributed by atoms with Crippen LogP contribution in [0.15, 0.2) is 5.38 Å². The molecule has 1 aliphatic heterocycles. The van der Waals surface area contributed by atoms with Crippen molar-refractivity contribution in [2.45, 2.75) is 25.3 Å². The van der Waals surface area contributed by atoms with Gasteiger partial charge in [-0.15, -0.1) is 11.3 Å². The first-order valence-corrected chi connectivity index (χ1v) is 7.02. The standard InChI is InChI=1S/C12H19N3O2S/c1-14(2)7-10-4-3-5-15(10)12-13-9(8-18-12)6-11(16)17/h8,10H,3-7H2,1-2H3,(H,16,17). The van der Waals surface area contributed by atoms with Crippen LogP contribution < -0.4 is 4.90 Å². The molecule has 1 aromatic heterocycles. The molecular weight excluding hydrogens is 250 g/mol. The summed E-state index contributed by atoms with van der Waals surface area (Å²) in [7, 11) is 4.16. The van der Waals surface area contributed by atoms with Gasteiger partial charge in [0.1, 0.15) is 0 Å². The van der Waals surface area contributed by atoms with Gasteiger partial charge in [-0.1, -0.05) is 0 Å². The lowest BCUT2D eigenvalue weighted by Crippen LogP contribution is -2.37. The first-order valence-electron chi connectivity index (χ1n) is 6.14. The Morgan fingerprint density at radius 2 is 2.44 bits per heavy atom. The number of aromatic nitrogens is 1. The number of hydrogen-bond donors (Lipinski definition) is 1. The molecule has 0 amide bonds. The van der Waals surface area contributed by atoms with Gasteiger partial charge in [-0.2, -0.15) is 0 Å². The van der Waals surface area contributed by atoms with Gasteiger partial charge in [0.15, 0.2) is 5.13 Å². The Morgan fingerprint density at radius 3 is 3.11 bits per heavy atom. The molecule has 1 fully saturated rings. The van der Waals surface area contributed by atoms with Crippen LogP contribution in [-0.4, -0.2) is 54.2 Å². The Hall–Kier alpha value is -1.14. The largest absolute Gasteiger partial charge is 0.481 e. The van der Waals surface area contributed by atoms with E-state index >= 15 is 0 Å². The van der Waals surface area contributed by atoms with Crippen LogP contribution in [0.1, 0.15) is 18.5 Å². The number of nitrogens with zero attached hydrogens (tertiary/aromatic N) is 3. The highest BCUT2D eigenvalue weighted by Gasteiger charge is 2.27. The second kappa shape index (κ2) is 5.67. The smallest absolute Gasteiger partial charge is 0.309 e. The second-order valence-corrected chi connectivity index (χ2v) is 5.78. The van der Waals surface area contributed by atoms with Gasteiger partial charge in [-0.25, -0.2) is 4.98 Å². The fourth-order valence-corrected chi connectivity index (χ4v) is 3.29. The molecule has 0 saturated carbocycles. The summed E-state index contributed by atoms with van der Waals surface area (Å²) in [5.41, 5.74) is 0.665. The quantitative estimate of drug-likeness (QED) is 0.873. The maximum atomic E-state index is 10.7. The molecule has 1 unspecified atom stereocenters. The minimum atomic E-state index is -0.821. The summed E-state index contributed by atoms with van der Waals surface area (Å²) >= 11 is 1.55. The monoisotopic (exact) mass is 269 g/mol. The molecule has 6 heteroatoms. The molecule has 2 rings (SSSR count). The minimum absolute atomic E-state index is 0.0166. The van der Waals surface area contributed by atoms with E-state index in [0.29, 0.717) is 11.7 Å². The van der Waals surface area contributed by atoms with Gasteiger partial charge in [-0.3, -0.25) is 4.79 Å². The SMILES string of the molecule is CN(C)CC1CCCN1c1nc(CC(=O)O)cs1. The molecule has 1 aliphatic rings. The molecule has 5 nitrogen and oxygen atoms in total. The van der Waals surface area contributed by atoms with Crippen molar-refractivity contribution in [3.63, 3.8) is 0 Å². The Kier molecular flexibility index (Phi) is 4.19. The summed E-state index contributed by atoms with van der Waals surface area (Å²) < 4.78 is 0. The van der Waals surface area contributed by atoms with E-state index in [4.69, 9.17) is 5.11 Å². The maximum absolute atomic E-state index is 10.7. The van der Waals surface area contributed by atoms with Crippen LogP contribution in [0, 0.1) is 0 Å². The molecule has 1 saturated heterocycles. The molecule has 0 spiro atoms. The van der Waals surface area contributed by atoms with Gasteiger partial charge >= 0.3 is 5.97 Å².